The maximum Gasteiger partial charge on any atom is 0.305 e. The van der Waals surface area contributed by atoms with Crippen LogP contribution in [0.3, 0.4) is 0 Å². The fourth-order valence-corrected chi connectivity index (χ4v) is 1.90. The van der Waals surface area contributed by atoms with Gasteiger partial charge >= 0.3 is 5.97 Å². The van der Waals surface area contributed by atoms with Crippen LogP contribution in [0.2, 0.25) is 0 Å². The lowest BCUT2D eigenvalue weighted by Crippen LogP contribution is -2.16. The van der Waals surface area contributed by atoms with Crippen LogP contribution in [0.1, 0.15) is 25.3 Å². The number of nitrogens with one attached hydrogen (secondary N) is 1. The summed E-state index contributed by atoms with van der Waals surface area (Å²) in [7, 11) is 0. The molecule has 5 heteroatoms. The van der Waals surface area contributed by atoms with Crippen LogP contribution in [0, 0.1) is 5.82 Å². The topological polar surface area (TPSA) is 38.3 Å². The largest absolute Gasteiger partial charge is 0.466 e. The fraction of sp³-hybridized carbons (Fsp3) is 0.462. The van der Waals surface area contributed by atoms with Crippen molar-refractivity contribution in [2.45, 2.75) is 26.3 Å². The second-order valence-corrected chi connectivity index (χ2v) is 4.69. The Balaban J connectivity index is 2.18. The highest BCUT2D eigenvalue weighted by Crippen LogP contribution is 2.16. The smallest absolute Gasteiger partial charge is 0.305 e. The van der Waals surface area contributed by atoms with Crippen molar-refractivity contribution in [1.29, 1.82) is 0 Å². The monoisotopic (exact) mass is 317 g/mol. The van der Waals surface area contributed by atoms with E-state index in [2.05, 4.69) is 21.2 Å². The number of ether oxygens (including phenoxy) is 1. The molecule has 0 heterocycles. The number of benzene rings is 1. The second kappa shape index (κ2) is 8.21. The molecule has 0 saturated heterocycles. The molecule has 1 aromatic rings. The third kappa shape index (κ3) is 5.60. The SMILES string of the molecule is CCOC(=O)CCCNCc1ccc(F)c(Br)c1. The Hall–Kier alpha value is -0.940. The molecule has 0 saturated carbocycles. The molecular weight excluding hydrogens is 301 g/mol. The molecule has 0 radical (unpaired) electrons. The lowest BCUT2D eigenvalue weighted by atomic mass is 10.2. The number of hydrogen-bond acceptors (Lipinski definition) is 3. The van der Waals surface area contributed by atoms with Crippen molar-refractivity contribution in [3.63, 3.8) is 0 Å². The van der Waals surface area contributed by atoms with E-state index in [4.69, 9.17) is 4.74 Å². The lowest BCUT2D eigenvalue weighted by molar-refractivity contribution is -0.143. The van der Waals surface area contributed by atoms with E-state index in [0.717, 1.165) is 18.5 Å². The Morgan fingerprint density at radius 3 is 2.94 bits per heavy atom. The summed E-state index contributed by atoms with van der Waals surface area (Å²) >= 11 is 3.14. The zero-order chi connectivity index (χ0) is 13.4. The summed E-state index contributed by atoms with van der Waals surface area (Å²) < 4.78 is 18.3. The van der Waals surface area contributed by atoms with Gasteiger partial charge in [0.25, 0.3) is 0 Å². The summed E-state index contributed by atoms with van der Waals surface area (Å²) in [6, 6.07) is 4.91. The Bertz CT molecular complexity index is 399. The van der Waals surface area contributed by atoms with Crippen molar-refractivity contribution in [3.05, 3.63) is 34.1 Å². The van der Waals surface area contributed by atoms with Crippen LogP contribution in [-0.2, 0) is 16.1 Å². The predicted octanol–water partition coefficient (Wildman–Crippen LogP) is 3.02. The minimum atomic E-state index is -0.263. The maximum absolute atomic E-state index is 13.0. The van der Waals surface area contributed by atoms with E-state index in [1.807, 2.05) is 0 Å². The van der Waals surface area contributed by atoms with Gasteiger partial charge in [0.15, 0.2) is 0 Å². The molecule has 0 aromatic heterocycles. The predicted molar refractivity (Wildman–Crippen MR) is 71.7 cm³/mol. The Labute approximate surface area is 115 Å². The average Bonchev–Trinajstić information content (AvgIpc) is 2.33. The van der Waals surface area contributed by atoms with Gasteiger partial charge in [-0.3, -0.25) is 4.79 Å². The van der Waals surface area contributed by atoms with Crippen LogP contribution in [0.15, 0.2) is 22.7 Å². The number of hydrogen-bond donors (Lipinski definition) is 1. The summed E-state index contributed by atoms with van der Waals surface area (Å²) in [5.74, 6) is -0.426. The first kappa shape index (κ1) is 15.1. The summed E-state index contributed by atoms with van der Waals surface area (Å²) in [4.78, 5) is 11.1. The number of rotatable bonds is 7. The zero-order valence-corrected chi connectivity index (χ0v) is 11.9. The molecule has 0 amide bonds. The molecule has 0 unspecified atom stereocenters. The molecule has 1 rings (SSSR count). The van der Waals surface area contributed by atoms with Crippen LogP contribution in [0.4, 0.5) is 4.39 Å². The Kier molecular flexibility index (Phi) is 6.90. The van der Waals surface area contributed by atoms with Gasteiger partial charge in [-0.15, -0.1) is 0 Å². The second-order valence-electron chi connectivity index (χ2n) is 3.83. The van der Waals surface area contributed by atoms with Crippen molar-refractivity contribution in [3.8, 4) is 0 Å². The Morgan fingerprint density at radius 1 is 1.50 bits per heavy atom. The lowest BCUT2D eigenvalue weighted by Gasteiger charge is -2.06. The molecule has 0 atom stereocenters. The molecule has 18 heavy (non-hydrogen) atoms. The third-order valence-corrected chi connectivity index (χ3v) is 2.96. The number of halogens is 2. The first-order valence-electron chi connectivity index (χ1n) is 5.93. The van der Waals surface area contributed by atoms with E-state index in [-0.39, 0.29) is 11.8 Å². The summed E-state index contributed by atoms with van der Waals surface area (Å²) in [5, 5.41) is 3.19. The van der Waals surface area contributed by atoms with Gasteiger partial charge in [-0.05, 0) is 53.5 Å². The molecule has 0 fully saturated rings. The van der Waals surface area contributed by atoms with Gasteiger partial charge in [0.1, 0.15) is 5.82 Å². The van der Waals surface area contributed by atoms with Crippen LogP contribution >= 0.6 is 15.9 Å². The van der Waals surface area contributed by atoms with Gasteiger partial charge in [-0.25, -0.2) is 4.39 Å². The van der Waals surface area contributed by atoms with Crippen molar-refractivity contribution in [2.24, 2.45) is 0 Å². The highest BCUT2D eigenvalue weighted by atomic mass is 79.9. The van der Waals surface area contributed by atoms with Gasteiger partial charge in [-0.1, -0.05) is 6.07 Å². The summed E-state index contributed by atoms with van der Waals surface area (Å²) in [6.45, 7) is 3.61. The van der Waals surface area contributed by atoms with Crippen molar-refractivity contribution in [2.75, 3.05) is 13.2 Å². The van der Waals surface area contributed by atoms with Gasteiger partial charge in [0, 0.05) is 13.0 Å². The average molecular weight is 318 g/mol. The van der Waals surface area contributed by atoms with E-state index in [1.54, 1.807) is 19.1 Å². The molecule has 1 N–H and O–H groups in total. The highest BCUT2D eigenvalue weighted by Gasteiger charge is 2.02. The van der Waals surface area contributed by atoms with Crippen molar-refractivity contribution < 1.29 is 13.9 Å². The van der Waals surface area contributed by atoms with Gasteiger partial charge in [0.2, 0.25) is 0 Å². The quantitative estimate of drug-likeness (QED) is 0.620. The molecule has 0 spiro atoms. The van der Waals surface area contributed by atoms with Gasteiger partial charge in [-0.2, -0.15) is 0 Å². The van der Waals surface area contributed by atoms with E-state index < -0.39 is 0 Å². The molecule has 0 bridgehead atoms. The van der Waals surface area contributed by atoms with Gasteiger partial charge < -0.3 is 10.1 Å². The first-order valence-corrected chi connectivity index (χ1v) is 6.73. The maximum atomic E-state index is 13.0. The fourth-order valence-electron chi connectivity index (χ4n) is 1.47. The molecule has 0 aliphatic carbocycles. The van der Waals surface area contributed by atoms with E-state index >= 15 is 0 Å². The van der Waals surface area contributed by atoms with E-state index in [9.17, 15) is 9.18 Å². The molecule has 0 aliphatic heterocycles. The van der Waals surface area contributed by atoms with Crippen molar-refractivity contribution in [1.82, 2.24) is 5.32 Å². The summed E-state index contributed by atoms with van der Waals surface area (Å²) in [5.41, 5.74) is 0.999. The normalized spacial score (nSPS) is 10.4. The Morgan fingerprint density at radius 2 is 2.28 bits per heavy atom. The van der Waals surface area contributed by atoms with Crippen LogP contribution in [-0.4, -0.2) is 19.1 Å². The molecular formula is C13H17BrFNO2. The number of carbonyl (C=O) groups is 1. The third-order valence-electron chi connectivity index (χ3n) is 2.35. The van der Waals surface area contributed by atoms with E-state index in [1.165, 1.54) is 6.07 Å². The minimum absolute atomic E-state index is 0.163. The molecule has 1 aromatic carbocycles. The molecule has 3 nitrogen and oxygen atoms in total. The van der Waals surface area contributed by atoms with Crippen LogP contribution in [0.25, 0.3) is 0 Å². The zero-order valence-electron chi connectivity index (χ0n) is 10.3. The number of carbonyl (C=O) groups excluding carboxylic acids is 1. The first-order chi connectivity index (χ1) is 8.63. The minimum Gasteiger partial charge on any atom is -0.466 e. The summed E-state index contributed by atoms with van der Waals surface area (Å²) in [6.07, 6.45) is 1.16. The molecule has 100 valence electrons. The highest BCUT2D eigenvalue weighted by molar-refractivity contribution is 9.10. The standard InChI is InChI=1S/C13H17BrFNO2/c1-2-18-13(17)4-3-7-16-9-10-5-6-12(15)11(14)8-10/h5-6,8,16H,2-4,7,9H2,1H3. The van der Waals surface area contributed by atoms with Crippen LogP contribution < -0.4 is 5.32 Å². The van der Waals surface area contributed by atoms with Crippen molar-refractivity contribution >= 4 is 21.9 Å². The van der Waals surface area contributed by atoms with Gasteiger partial charge in [0.05, 0.1) is 11.1 Å². The van der Waals surface area contributed by atoms with E-state index in [0.29, 0.717) is 24.0 Å². The molecule has 0 aliphatic rings. The number of esters is 1. The van der Waals surface area contributed by atoms with Crippen LogP contribution in [0.5, 0.6) is 0 Å².